The normalized spacial score (nSPS) is 14.2. The Hall–Kier alpha value is -7.40. The first kappa shape index (κ1) is 37.9. The molecule has 0 radical (unpaired) electrons. The summed E-state index contributed by atoms with van der Waals surface area (Å²) >= 11 is 2.00. The molecule has 0 amide bonds. The molecule has 0 N–H and O–H groups in total. The summed E-state index contributed by atoms with van der Waals surface area (Å²) in [5.74, 6) is 0.442. The molecule has 4 aliphatic rings. The van der Waals surface area contributed by atoms with Crippen LogP contribution >= 0.6 is 11.3 Å². The minimum absolute atomic E-state index is 0.0285. The Morgan fingerprint density at radius 2 is 1.06 bits per heavy atom. The van der Waals surface area contributed by atoms with E-state index in [9.17, 15) is 0 Å². The van der Waals surface area contributed by atoms with Gasteiger partial charge in [-0.15, -0.1) is 11.3 Å². The highest BCUT2D eigenvalue weighted by molar-refractivity contribution is 7.33. The average molecular weight is 861 g/mol. The molecule has 3 heterocycles. The van der Waals surface area contributed by atoms with Gasteiger partial charge in [-0.1, -0.05) is 153 Å². The minimum Gasteiger partial charge on any atom is -0.311 e. The van der Waals surface area contributed by atoms with Crippen molar-refractivity contribution in [3.63, 3.8) is 0 Å². The molecule has 0 saturated heterocycles. The molecule has 312 valence electrons. The summed E-state index contributed by atoms with van der Waals surface area (Å²) in [6, 6.07) is 74.1. The molecule has 1 spiro atoms. The fraction of sp³-hybridized carbons (Fsp3) is 0.0968. The molecule has 4 heteroatoms. The topological polar surface area (TPSA) is 6.48 Å². The fourth-order valence-electron chi connectivity index (χ4n) is 12.6. The van der Waals surface area contributed by atoms with Crippen LogP contribution in [-0.4, -0.2) is 6.71 Å². The number of aryl methyl sites for hydroxylation is 2. The van der Waals surface area contributed by atoms with Gasteiger partial charge in [0, 0.05) is 43.3 Å². The first-order valence-corrected chi connectivity index (χ1v) is 24.2. The van der Waals surface area contributed by atoms with Gasteiger partial charge in [0.15, 0.2) is 0 Å². The molecule has 66 heavy (non-hydrogen) atoms. The number of anilines is 6. The van der Waals surface area contributed by atoms with E-state index in [1.165, 1.54) is 127 Å². The lowest BCUT2D eigenvalue weighted by molar-refractivity contribution is 0.795. The van der Waals surface area contributed by atoms with E-state index in [1.807, 2.05) is 11.3 Å². The summed E-state index contributed by atoms with van der Waals surface area (Å²) in [4.78, 5) is 5.14. The van der Waals surface area contributed by atoms with Gasteiger partial charge in [-0.05, 0) is 158 Å². The largest absolute Gasteiger partial charge is 0.311 e. The number of para-hydroxylation sites is 1. The van der Waals surface area contributed by atoms with E-state index < -0.39 is 5.41 Å². The van der Waals surface area contributed by atoms with Crippen molar-refractivity contribution in [2.45, 2.75) is 39.0 Å². The van der Waals surface area contributed by atoms with Crippen LogP contribution in [0.1, 0.15) is 58.7 Å². The lowest BCUT2D eigenvalue weighted by Crippen LogP contribution is -2.60. The SMILES string of the molecule is Cc1cccc(C)c1-c1ccc2c(c1)N(c1ccccc1)c1cccc3c1B2c1sc2cc4c(cc2c1N3c1ccc(C(C)C)cc1)-c1ccccc1C41c2ccccc2-c2ccccc21. The fourth-order valence-corrected chi connectivity index (χ4v) is 13.9. The molecule has 9 aromatic carbocycles. The first-order valence-electron chi connectivity index (χ1n) is 23.4. The summed E-state index contributed by atoms with van der Waals surface area (Å²) in [5.41, 5.74) is 27.0. The van der Waals surface area contributed by atoms with Gasteiger partial charge in [-0.2, -0.15) is 0 Å². The molecular formula is C62H45BN2S. The number of rotatable bonds is 4. The smallest absolute Gasteiger partial charge is 0.264 e. The van der Waals surface area contributed by atoms with Gasteiger partial charge in [0.05, 0.1) is 11.1 Å². The van der Waals surface area contributed by atoms with Gasteiger partial charge in [0.25, 0.3) is 6.71 Å². The predicted molar refractivity (Wildman–Crippen MR) is 281 cm³/mol. The molecular weight excluding hydrogens is 816 g/mol. The van der Waals surface area contributed by atoms with Gasteiger partial charge < -0.3 is 9.80 Å². The molecule has 14 rings (SSSR count). The van der Waals surface area contributed by atoms with E-state index in [0.717, 1.165) is 5.69 Å². The monoisotopic (exact) mass is 860 g/mol. The van der Waals surface area contributed by atoms with E-state index in [1.54, 1.807) is 0 Å². The molecule has 0 fully saturated rings. The van der Waals surface area contributed by atoms with Crippen LogP contribution in [0.5, 0.6) is 0 Å². The van der Waals surface area contributed by atoms with Crippen LogP contribution in [0.3, 0.4) is 0 Å². The molecule has 2 nitrogen and oxygen atoms in total. The van der Waals surface area contributed by atoms with E-state index >= 15 is 0 Å². The van der Waals surface area contributed by atoms with Gasteiger partial charge in [-0.25, -0.2) is 0 Å². The van der Waals surface area contributed by atoms with E-state index in [-0.39, 0.29) is 6.71 Å². The number of hydrogen-bond acceptors (Lipinski definition) is 3. The Morgan fingerprint density at radius 3 is 1.71 bits per heavy atom. The van der Waals surface area contributed by atoms with E-state index in [0.29, 0.717) is 5.92 Å². The Labute approximate surface area is 391 Å². The molecule has 0 unspecified atom stereocenters. The van der Waals surface area contributed by atoms with Crippen molar-refractivity contribution in [1.29, 1.82) is 0 Å². The van der Waals surface area contributed by atoms with Crippen LogP contribution in [0.2, 0.25) is 0 Å². The Kier molecular flexibility index (Phi) is 7.94. The second kappa shape index (κ2) is 13.8. The van der Waals surface area contributed by atoms with Crippen LogP contribution in [0, 0.1) is 13.8 Å². The molecule has 0 bridgehead atoms. The molecule has 0 atom stereocenters. The second-order valence-corrected chi connectivity index (χ2v) is 20.1. The second-order valence-electron chi connectivity index (χ2n) is 19.0. The van der Waals surface area contributed by atoms with Gasteiger partial charge in [-0.3, -0.25) is 0 Å². The number of nitrogens with zero attached hydrogens (tertiary/aromatic N) is 2. The number of thiophene rings is 1. The van der Waals surface area contributed by atoms with Crippen LogP contribution in [0.4, 0.5) is 34.1 Å². The Balaban J connectivity index is 1.08. The van der Waals surface area contributed by atoms with Crippen LogP contribution in [0.15, 0.2) is 194 Å². The van der Waals surface area contributed by atoms with Gasteiger partial charge >= 0.3 is 0 Å². The Morgan fingerprint density at radius 1 is 0.485 bits per heavy atom. The summed E-state index contributed by atoms with van der Waals surface area (Å²) in [6.45, 7) is 9.08. The first-order chi connectivity index (χ1) is 32.4. The third-order valence-electron chi connectivity index (χ3n) is 15.3. The standard InChI is InChI=1S/C62H45BN2S/c1-37(2)40-28-31-43(32-29-40)65-55-27-15-26-54-59(55)63(53-33-30-41(58-38(3)16-14-17-39(58)4)34-56(53)64(54)42-18-6-5-7-19-42)61-60(65)48-35-47-46-22-10-13-25-51(46)62(52(47)36-57(48)66-61)49-23-11-8-20-44(49)45-21-9-12-24-50(45)62/h5-37H,1-4H3. The average Bonchev–Trinajstić information content (AvgIpc) is 3.97. The number of fused-ring (bicyclic) bond motifs is 16. The van der Waals surface area contributed by atoms with E-state index in [2.05, 4.69) is 232 Å². The van der Waals surface area contributed by atoms with E-state index in [4.69, 9.17) is 0 Å². The minimum atomic E-state index is -0.405. The Bertz CT molecular complexity index is 3610. The lowest BCUT2D eigenvalue weighted by atomic mass is 9.36. The van der Waals surface area contributed by atoms with Gasteiger partial charge in [0.1, 0.15) is 0 Å². The van der Waals surface area contributed by atoms with Crippen molar-refractivity contribution in [3.05, 3.63) is 233 Å². The molecule has 10 aromatic rings. The maximum Gasteiger partial charge on any atom is 0.264 e. The van der Waals surface area contributed by atoms with Crippen LogP contribution < -0.4 is 25.5 Å². The quantitative estimate of drug-likeness (QED) is 0.163. The highest BCUT2D eigenvalue weighted by Crippen LogP contribution is 2.64. The summed E-state index contributed by atoms with van der Waals surface area (Å²) in [5, 5.41) is 1.31. The zero-order valence-corrected chi connectivity index (χ0v) is 38.2. The maximum absolute atomic E-state index is 2.61. The predicted octanol–water partition coefficient (Wildman–Crippen LogP) is 14.7. The molecule has 2 aliphatic heterocycles. The zero-order valence-electron chi connectivity index (χ0n) is 37.4. The van der Waals surface area contributed by atoms with Crippen molar-refractivity contribution in [2.75, 3.05) is 9.80 Å². The van der Waals surface area contributed by atoms with Crippen molar-refractivity contribution in [1.82, 2.24) is 0 Å². The lowest BCUT2D eigenvalue weighted by Gasteiger charge is -2.43. The molecule has 0 saturated carbocycles. The van der Waals surface area contributed by atoms with Crippen molar-refractivity contribution in [3.8, 4) is 33.4 Å². The maximum atomic E-state index is 2.61. The van der Waals surface area contributed by atoms with Gasteiger partial charge in [0.2, 0.25) is 0 Å². The zero-order chi connectivity index (χ0) is 44.0. The van der Waals surface area contributed by atoms with Crippen LogP contribution in [-0.2, 0) is 5.41 Å². The molecule has 1 aromatic heterocycles. The van der Waals surface area contributed by atoms with Crippen LogP contribution in [0.25, 0.3) is 43.5 Å². The van der Waals surface area contributed by atoms with Crippen molar-refractivity contribution in [2.24, 2.45) is 0 Å². The van der Waals surface area contributed by atoms with Crippen molar-refractivity contribution >= 4 is 78.0 Å². The summed E-state index contributed by atoms with van der Waals surface area (Å²) in [6.07, 6.45) is 0. The molecule has 2 aliphatic carbocycles. The number of hydrogen-bond donors (Lipinski definition) is 0. The number of benzene rings is 9. The highest BCUT2D eigenvalue weighted by atomic mass is 32.1. The highest BCUT2D eigenvalue weighted by Gasteiger charge is 2.52. The third-order valence-corrected chi connectivity index (χ3v) is 16.5. The summed E-state index contributed by atoms with van der Waals surface area (Å²) < 4.78 is 2.72. The third kappa shape index (κ3) is 4.92. The van der Waals surface area contributed by atoms with Crippen molar-refractivity contribution < 1.29 is 0 Å². The summed E-state index contributed by atoms with van der Waals surface area (Å²) in [7, 11) is 0.